The van der Waals surface area contributed by atoms with Crippen molar-refractivity contribution in [3.63, 3.8) is 0 Å². The largest absolute Gasteiger partial charge is 0.383 e. The standard InChI is InChI=1S/C35H38FN7O4/c1-22-17-31(40-41(22)2)33(44)39-27-11-13-28(14-12-27)43-34(45)30-19-26(36)21-38-32(30)42(35(43)46)29-6-4-5-25(18-29)24-9-7-23(8-10-24)20-37-15-16-47-3/h4-10,17-19,21,27-28,37H,11-16,20H2,1-3H3,(H,39,44)/t27-,28+. The van der Waals surface area contributed by atoms with Crippen molar-refractivity contribution in [2.24, 2.45) is 7.05 Å². The van der Waals surface area contributed by atoms with E-state index in [2.05, 4.69) is 20.7 Å². The molecule has 0 unspecified atom stereocenters. The van der Waals surface area contributed by atoms with E-state index in [9.17, 15) is 18.8 Å². The molecule has 2 aromatic carbocycles. The Hall–Kier alpha value is -4.94. The highest BCUT2D eigenvalue weighted by molar-refractivity contribution is 5.92. The number of hydrogen-bond donors (Lipinski definition) is 2. The fraction of sp³-hybridized carbons (Fsp3) is 0.343. The summed E-state index contributed by atoms with van der Waals surface area (Å²) in [6.07, 6.45) is 3.13. The molecule has 2 N–H and O–H groups in total. The summed E-state index contributed by atoms with van der Waals surface area (Å²) in [5.74, 6) is -0.912. The van der Waals surface area contributed by atoms with E-state index in [1.165, 1.54) is 9.13 Å². The number of hydrogen-bond acceptors (Lipinski definition) is 7. The minimum absolute atomic E-state index is 0.0290. The van der Waals surface area contributed by atoms with Crippen LogP contribution in [0.5, 0.6) is 0 Å². The molecule has 5 aromatic rings. The lowest BCUT2D eigenvalue weighted by Crippen LogP contribution is -2.45. The number of nitrogens with one attached hydrogen (secondary N) is 2. The number of methoxy groups -OCH3 is 1. The van der Waals surface area contributed by atoms with Gasteiger partial charge >= 0.3 is 5.69 Å². The maximum absolute atomic E-state index is 14.4. The number of amides is 1. The van der Waals surface area contributed by atoms with E-state index in [0.29, 0.717) is 50.2 Å². The van der Waals surface area contributed by atoms with E-state index in [4.69, 9.17) is 4.74 Å². The van der Waals surface area contributed by atoms with Crippen LogP contribution in [0, 0.1) is 12.7 Å². The fourth-order valence-corrected chi connectivity index (χ4v) is 6.19. The van der Waals surface area contributed by atoms with Crippen LogP contribution in [0.25, 0.3) is 27.8 Å². The van der Waals surface area contributed by atoms with Gasteiger partial charge < -0.3 is 15.4 Å². The van der Waals surface area contributed by atoms with Crippen molar-refractivity contribution in [3.8, 4) is 16.8 Å². The number of rotatable bonds is 10. The Labute approximate surface area is 271 Å². The minimum Gasteiger partial charge on any atom is -0.383 e. The van der Waals surface area contributed by atoms with Gasteiger partial charge in [-0.2, -0.15) is 5.10 Å². The second kappa shape index (κ2) is 13.8. The number of benzene rings is 2. The number of aryl methyl sites for hydroxylation is 2. The molecule has 11 nitrogen and oxygen atoms in total. The van der Waals surface area contributed by atoms with Gasteiger partial charge in [0, 0.05) is 45.0 Å². The molecule has 1 aliphatic carbocycles. The molecule has 0 saturated heterocycles. The van der Waals surface area contributed by atoms with Crippen molar-refractivity contribution < 1.29 is 13.9 Å². The number of carbonyl (C=O) groups excluding carboxylic acids is 1. The van der Waals surface area contributed by atoms with Gasteiger partial charge in [-0.15, -0.1) is 0 Å². The molecule has 1 amide bonds. The van der Waals surface area contributed by atoms with E-state index in [-0.39, 0.29) is 23.0 Å². The Morgan fingerprint density at radius 2 is 1.79 bits per heavy atom. The lowest BCUT2D eigenvalue weighted by molar-refractivity contribution is 0.0916. The fourth-order valence-electron chi connectivity index (χ4n) is 6.19. The molecule has 12 heteroatoms. The van der Waals surface area contributed by atoms with E-state index in [0.717, 1.165) is 41.2 Å². The highest BCUT2D eigenvalue weighted by atomic mass is 19.1. The Morgan fingerprint density at radius 3 is 2.49 bits per heavy atom. The summed E-state index contributed by atoms with van der Waals surface area (Å²) in [4.78, 5) is 44.9. The highest BCUT2D eigenvalue weighted by Crippen LogP contribution is 2.28. The van der Waals surface area contributed by atoms with Crippen molar-refractivity contribution in [2.75, 3.05) is 20.3 Å². The second-order valence-corrected chi connectivity index (χ2v) is 12.0. The Balaban J connectivity index is 1.28. The summed E-state index contributed by atoms with van der Waals surface area (Å²) in [6, 6.07) is 17.9. The van der Waals surface area contributed by atoms with Crippen LogP contribution in [-0.4, -0.2) is 56.1 Å². The monoisotopic (exact) mass is 639 g/mol. The zero-order valence-electron chi connectivity index (χ0n) is 26.7. The lowest BCUT2D eigenvalue weighted by Gasteiger charge is -2.30. The molecular formula is C35H38FN7O4. The number of carbonyl (C=O) groups is 1. The Kier molecular flexibility index (Phi) is 9.41. The van der Waals surface area contributed by atoms with Crippen molar-refractivity contribution in [1.82, 2.24) is 34.5 Å². The molecule has 0 spiro atoms. The van der Waals surface area contributed by atoms with Crippen LogP contribution >= 0.6 is 0 Å². The predicted molar refractivity (Wildman–Crippen MR) is 177 cm³/mol. The average molecular weight is 640 g/mol. The third kappa shape index (κ3) is 6.79. The molecule has 244 valence electrons. The third-order valence-corrected chi connectivity index (χ3v) is 8.84. The van der Waals surface area contributed by atoms with Gasteiger partial charge in [-0.05, 0) is 73.6 Å². The van der Waals surface area contributed by atoms with Crippen molar-refractivity contribution >= 4 is 16.9 Å². The summed E-state index contributed by atoms with van der Waals surface area (Å²) >= 11 is 0. The maximum atomic E-state index is 14.4. The van der Waals surface area contributed by atoms with Gasteiger partial charge in [0.05, 0.1) is 23.9 Å². The second-order valence-electron chi connectivity index (χ2n) is 12.0. The topological polar surface area (TPSA) is 125 Å². The number of nitrogens with zero attached hydrogens (tertiary/aromatic N) is 5. The number of fused-ring (bicyclic) bond motifs is 1. The first-order valence-electron chi connectivity index (χ1n) is 15.8. The van der Waals surface area contributed by atoms with Crippen LogP contribution in [-0.2, 0) is 18.3 Å². The quantitative estimate of drug-likeness (QED) is 0.221. The lowest BCUT2D eigenvalue weighted by atomic mass is 9.90. The van der Waals surface area contributed by atoms with Gasteiger partial charge in [-0.3, -0.25) is 18.8 Å². The molecule has 0 bridgehead atoms. The molecule has 0 radical (unpaired) electrons. The number of ether oxygens (including phenoxy) is 1. The molecule has 1 aliphatic rings. The van der Waals surface area contributed by atoms with Gasteiger partial charge in [-0.25, -0.2) is 18.7 Å². The molecule has 6 rings (SSSR count). The van der Waals surface area contributed by atoms with Crippen LogP contribution in [0.2, 0.25) is 0 Å². The van der Waals surface area contributed by atoms with E-state index >= 15 is 0 Å². The van der Waals surface area contributed by atoms with Crippen molar-refractivity contribution in [3.05, 3.63) is 110 Å². The Bertz CT molecular complexity index is 2010. The molecule has 1 saturated carbocycles. The van der Waals surface area contributed by atoms with Crippen molar-refractivity contribution in [1.29, 1.82) is 0 Å². The third-order valence-electron chi connectivity index (χ3n) is 8.84. The van der Waals surface area contributed by atoms with E-state index < -0.39 is 23.1 Å². The van der Waals surface area contributed by atoms with Crippen LogP contribution in [0.3, 0.4) is 0 Å². The number of halogens is 1. The molecule has 47 heavy (non-hydrogen) atoms. The van der Waals surface area contributed by atoms with E-state index in [1.54, 1.807) is 31.0 Å². The minimum atomic E-state index is -0.659. The van der Waals surface area contributed by atoms with Crippen LogP contribution < -0.4 is 21.9 Å². The summed E-state index contributed by atoms with van der Waals surface area (Å²) in [5, 5.41) is 10.7. The van der Waals surface area contributed by atoms with E-state index in [1.807, 2.05) is 49.4 Å². The van der Waals surface area contributed by atoms with Gasteiger partial charge in [0.1, 0.15) is 11.5 Å². The normalized spacial score (nSPS) is 16.4. The summed E-state index contributed by atoms with van der Waals surface area (Å²) in [5.41, 5.74) is 3.69. The number of aromatic nitrogens is 5. The molecular weight excluding hydrogens is 601 g/mol. The summed E-state index contributed by atoms with van der Waals surface area (Å²) in [6.45, 7) is 3.99. The first-order valence-corrected chi connectivity index (χ1v) is 15.8. The van der Waals surface area contributed by atoms with Crippen LogP contribution in [0.1, 0.15) is 53.5 Å². The SMILES string of the molecule is COCCNCc1ccc(-c2cccc(-n3c(=O)n([C@H]4CC[C@@H](NC(=O)c5cc(C)n(C)n5)CC4)c(=O)c4cc(F)cnc43)c2)cc1. The summed E-state index contributed by atoms with van der Waals surface area (Å²) in [7, 11) is 3.45. The van der Waals surface area contributed by atoms with Gasteiger partial charge in [0.25, 0.3) is 11.5 Å². The molecule has 0 atom stereocenters. The zero-order chi connectivity index (χ0) is 33.1. The predicted octanol–water partition coefficient (Wildman–Crippen LogP) is 4.05. The molecule has 3 aromatic heterocycles. The molecule has 3 heterocycles. The molecule has 1 fully saturated rings. The first kappa shape index (κ1) is 32.0. The average Bonchev–Trinajstić information content (AvgIpc) is 3.42. The molecule has 0 aliphatic heterocycles. The zero-order valence-corrected chi connectivity index (χ0v) is 26.7. The highest BCUT2D eigenvalue weighted by Gasteiger charge is 2.28. The smallest absolute Gasteiger partial charge is 0.337 e. The van der Waals surface area contributed by atoms with Gasteiger partial charge in [0.2, 0.25) is 0 Å². The maximum Gasteiger partial charge on any atom is 0.337 e. The first-order chi connectivity index (χ1) is 22.7. The van der Waals surface area contributed by atoms with Gasteiger partial charge in [0.15, 0.2) is 5.65 Å². The Morgan fingerprint density at radius 1 is 1.02 bits per heavy atom. The number of pyridine rings is 1. The van der Waals surface area contributed by atoms with Crippen molar-refractivity contribution in [2.45, 2.75) is 51.2 Å². The van der Waals surface area contributed by atoms with Crippen LogP contribution in [0.15, 0.2) is 76.4 Å². The summed E-state index contributed by atoms with van der Waals surface area (Å²) < 4.78 is 23.8. The van der Waals surface area contributed by atoms with Gasteiger partial charge in [-0.1, -0.05) is 36.4 Å². The van der Waals surface area contributed by atoms with Crippen LogP contribution in [0.4, 0.5) is 4.39 Å².